The van der Waals surface area contributed by atoms with Gasteiger partial charge in [0.2, 0.25) is 0 Å². The largest absolute Gasteiger partial charge is 0.324 e. The highest BCUT2D eigenvalue weighted by Crippen LogP contribution is 2.25. The predicted molar refractivity (Wildman–Crippen MR) is 76.1 cm³/mol. The van der Waals surface area contributed by atoms with Crippen LogP contribution >= 0.6 is 0 Å². The average Bonchev–Trinajstić information content (AvgIpc) is 2.38. The molecule has 1 atom stereocenters. The summed E-state index contributed by atoms with van der Waals surface area (Å²) in [5.74, 6) is 2.66. The molecule has 2 aromatic rings. The molecular formula is C16H18N2. The Labute approximate surface area is 108 Å². The molecule has 1 aromatic heterocycles. The van der Waals surface area contributed by atoms with Gasteiger partial charge in [-0.25, -0.2) is 0 Å². The third-order valence-electron chi connectivity index (χ3n) is 3.11. The number of nitrogens with zero attached hydrogens (tertiary/aromatic N) is 1. The van der Waals surface area contributed by atoms with Crippen LogP contribution < -0.4 is 5.73 Å². The topological polar surface area (TPSA) is 38.9 Å². The standard InChI is InChI=1S/C16H18N2/c1-3-4-5-9-15(17)14-11-12(2)18-16-10-7-6-8-13(14)16/h1,6-8,10-11,15H,4-5,9,17H2,2H3. The first-order valence-corrected chi connectivity index (χ1v) is 6.27. The van der Waals surface area contributed by atoms with Crippen LogP contribution in [-0.2, 0) is 0 Å². The molecule has 0 saturated carbocycles. The Balaban J connectivity index is 2.34. The van der Waals surface area contributed by atoms with E-state index in [2.05, 4.69) is 23.0 Å². The SMILES string of the molecule is C#CCCCC(N)c1cc(C)nc2ccccc12. The van der Waals surface area contributed by atoms with Gasteiger partial charge in [0.1, 0.15) is 0 Å². The Bertz CT molecular complexity index is 581. The van der Waals surface area contributed by atoms with E-state index in [-0.39, 0.29) is 6.04 Å². The van der Waals surface area contributed by atoms with E-state index in [1.165, 1.54) is 5.56 Å². The van der Waals surface area contributed by atoms with Gasteiger partial charge in [0.25, 0.3) is 0 Å². The van der Waals surface area contributed by atoms with Crippen molar-refractivity contribution < 1.29 is 0 Å². The minimum atomic E-state index is 0.0324. The molecule has 2 rings (SSSR count). The number of nitrogens with two attached hydrogens (primary N) is 1. The Morgan fingerprint density at radius 2 is 2.17 bits per heavy atom. The first kappa shape index (κ1) is 12.6. The van der Waals surface area contributed by atoms with Crippen LogP contribution in [0.5, 0.6) is 0 Å². The molecule has 0 saturated heterocycles. The second-order valence-electron chi connectivity index (χ2n) is 4.57. The number of fused-ring (bicyclic) bond motifs is 1. The smallest absolute Gasteiger partial charge is 0.0708 e. The van der Waals surface area contributed by atoms with E-state index in [0.29, 0.717) is 0 Å². The van der Waals surface area contributed by atoms with Gasteiger partial charge in [0, 0.05) is 23.5 Å². The third-order valence-corrected chi connectivity index (χ3v) is 3.11. The minimum absolute atomic E-state index is 0.0324. The molecule has 0 aliphatic rings. The molecule has 92 valence electrons. The maximum atomic E-state index is 6.27. The summed E-state index contributed by atoms with van der Waals surface area (Å²) in [5.41, 5.74) is 9.47. The van der Waals surface area contributed by atoms with E-state index in [0.717, 1.165) is 35.9 Å². The lowest BCUT2D eigenvalue weighted by atomic mass is 9.97. The second-order valence-corrected chi connectivity index (χ2v) is 4.57. The molecule has 0 radical (unpaired) electrons. The monoisotopic (exact) mass is 238 g/mol. The average molecular weight is 238 g/mol. The van der Waals surface area contributed by atoms with Gasteiger partial charge in [-0.15, -0.1) is 12.3 Å². The van der Waals surface area contributed by atoms with Crippen LogP contribution in [0.25, 0.3) is 10.9 Å². The zero-order valence-corrected chi connectivity index (χ0v) is 10.7. The summed E-state index contributed by atoms with van der Waals surface area (Å²) in [4.78, 5) is 4.53. The normalized spacial score (nSPS) is 12.3. The lowest BCUT2D eigenvalue weighted by Gasteiger charge is -2.14. The fraction of sp³-hybridized carbons (Fsp3) is 0.312. The van der Waals surface area contributed by atoms with Gasteiger partial charge in [0.15, 0.2) is 0 Å². The molecule has 2 nitrogen and oxygen atoms in total. The number of hydrogen-bond acceptors (Lipinski definition) is 2. The van der Waals surface area contributed by atoms with Crippen LogP contribution in [0, 0.1) is 19.3 Å². The van der Waals surface area contributed by atoms with Crippen LogP contribution in [0.4, 0.5) is 0 Å². The first-order chi connectivity index (χ1) is 8.72. The molecule has 0 aliphatic carbocycles. The molecule has 0 spiro atoms. The van der Waals surface area contributed by atoms with Crippen molar-refractivity contribution in [2.75, 3.05) is 0 Å². The van der Waals surface area contributed by atoms with Crippen molar-refractivity contribution in [1.29, 1.82) is 0 Å². The van der Waals surface area contributed by atoms with Crippen molar-refractivity contribution in [2.45, 2.75) is 32.2 Å². The number of aromatic nitrogens is 1. The van der Waals surface area contributed by atoms with Crippen molar-refractivity contribution in [3.63, 3.8) is 0 Å². The highest BCUT2D eigenvalue weighted by Gasteiger charge is 2.10. The molecule has 1 aromatic carbocycles. The van der Waals surface area contributed by atoms with E-state index >= 15 is 0 Å². The third kappa shape index (κ3) is 2.69. The number of para-hydroxylation sites is 1. The summed E-state index contributed by atoms with van der Waals surface area (Å²) in [6.07, 6.45) is 7.93. The molecule has 2 N–H and O–H groups in total. The van der Waals surface area contributed by atoms with Crippen molar-refractivity contribution in [3.05, 3.63) is 41.6 Å². The molecular weight excluding hydrogens is 220 g/mol. The summed E-state index contributed by atoms with van der Waals surface area (Å²) in [7, 11) is 0. The Morgan fingerprint density at radius 1 is 1.39 bits per heavy atom. The van der Waals surface area contributed by atoms with Crippen LogP contribution in [0.15, 0.2) is 30.3 Å². The molecule has 0 amide bonds. The second kappa shape index (κ2) is 5.66. The highest BCUT2D eigenvalue weighted by atomic mass is 14.7. The lowest BCUT2D eigenvalue weighted by Crippen LogP contribution is -2.11. The van der Waals surface area contributed by atoms with E-state index in [4.69, 9.17) is 12.2 Å². The number of unbranched alkanes of at least 4 members (excludes halogenated alkanes) is 1. The van der Waals surface area contributed by atoms with Gasteiger partial charge >= 0.3 is 0 Å². The number of aryl methyl sites for hydroxylation is 1. The number of hydrogen-bond donors (Lipinski definition) is 1. The number of pyridine rings is 1. The Hall–Kier alpha value is -1.85. The maximum Gasteiger partial charge on any atom is 0.0708 e. The van der Waals surface area contributed by atoms with E-state index < -0.39 is 0 Å². The fourth-order valence-corrected chi connectivity index (χ4v) is 2.23. The summed E-state index contributed by atoms with van der Waals surface area (Å²) >= 11 is 0. The van der Waals surface area contributed by atoms with Crippen molar-refractivity contribution in [2.24, 2.45) is 5.73 Å². The summed E-state index contributed by atoms with van der Waals surface area (Å²) < 4.78 is 0. The summed E-state index contributed by atoms with van der Waals surface area (Å²) in [6.45, 7) is 2.00. The first-order valence-electron chi connectivity index (χ1n) is 6.27. The molecule has 0 aliphatic heterocycles. The number of rotatable bonds is 4. The van der Waals surface area contributed by atoms with Gasteiger partial charge in [-0.05, 0) is 37.5 Å². The number of terminal acetylenes is 1. The lowest BCUT2D eigenvalue weighted by molar-refractivity contribution is 0.624. The molecule has 1 unspecified atom stereocenters. The summed E-state index contributed by atoms with van der Waals surface area (Å²) in [6, 6.07) is 10.3. The van der Waals surface area contributed by atoms with Gasteiger partial charge < -0.3 is 5.73 Å². The van der Waals surface area contributed by atoms with Crippen molar-refractivity contribution in [3.8, 4) is 12.3 Å². The van der Waals surface area contributed by atoms with Crippen LogP contribution in [0.3, 0.4) is 0 Å². The van der Waals surface area contributed by atoms with E-state index in [1.807, 2.05) is 25.1 Å². The Kier molecular flexibility index (Phi) is 3.96. The molecule has 1 heterocycles. The van der Waals surface area contributed by atoms with Gasteiger partial charge in [-0.1, -0.05) is 18.2 Å². The minimum Gasteiger partial charge on any atom is -0.324 e. The molecule has 0 fully saturated rings. The molecule has 0 bridgehead atoms. The van der Waals surface area contributed by atoms with Gasteiger partial charge in [0.05, 0.1) is 5.52 Å². The summed E-state index contributed by atoms with van der Waals surface area (Å²) in [5, 5.41) is 1.15. The van der Waals surface area contributed by atoms with Crippen LogP contribution in [-0.4, -0.2) is 4.98 Å². The fourth-order valence-electron chi connectivity index (χ4n) is 2.23. The van der Waals surface area contributed by atoms with E-state index in [9.17, 15) is 0 Å². The van der Waals surface area contributed by atoms with Crippen LogP contribution in [0.1, 0.15) is 36.6 Å². The zero-order valence-electron chi connectivity index (χ0n) is 10.7. The molecule has 18 heavy (non-hydrogen) atoms. The van der Waals surface area contributed by atoms with E-state index in [1.54, 1.807) is 0 Å². The zero-order chi connectivity index (χ0) is 13.0. The number of benzene rings is 1. The van der Waals surface area contributed by atoms with Crippen molar-refractivity contribution >= 4 is 10.9 Å². The van der Waals surface area contributed by atoms with Gasteiger partial charge in [-0.2, -0.15) is 0 Å². The maximum absolute atomic E-state index is 6.27. The highest BCUT2D eigenvalue weighted by molar-refractivity contribution is 5.82. The Morgan fingerprint density at radius 3 is 2.94 bits per heavy atom. The van der Waals surface area contributed by atoms with Crippen molar-refractivity contribution in [1.82, 2.24) is 4.98 Å². The predicted octanol–water partition coefficient (Wildman–Crippen LogP) is 3.35. The van der Waals surface area contributed by atoms with Crippen LogP contribution in [0.2, 0.25) is 0 Å². The van der Waals surface area contributed by atoms with Gasteiger partial charge in [-0.3, -0.25) is 4.98 Å². The molecule has 2 heteroatoms. The quantitative estimate of drug-likeness (QED) is 0.655.